The summed E-state index contributed by atoms with van der Waals surface area (Å²) in [6, 6.07) is 5.69. The Labute approximate surface area is 162 Å². The Morgan fingerprint density at radius 3 is 2.71 bits per heavy atom. The minimum Gasteiger partial charge on any atom is -0.376 e. The SMILES string of the molecule is O=C(NC[C@@H]1CCCO1)c1cc(=O)[nH]c2ccc(S(=O)(=O)N3CCCC3)cc12. The van der Waals surface area contributed by atoms with E-state index in [1.54, 1.807) is 0 Å². The summed E-state index contributed by atoms with van der Waals surface area (Å²) in [5, 5.41) is 3.20. The number of nitrogens with one attached hydrogen (secondary N) is 2. The summed E-state index contributed by atoms with van der Waals surface area (Å²) in [5.41, 5.74) is 0.176. The lowest BCUT2D eigenvalue weighted by Gasteiger charge is -2.16. The maximum Gasteiger partial charge on any atom is 0.252 e. The first kappa shape index (κ1) is 19.1. The van der Waals surface area contributed by atoms with Crippen molar-refractivity contribution in [3.63, 3.8) is 0 Å². The number of rotatable bonds is 5. The van der Waals surface area contributed by atoms with Crippen LogP contribution in [0.3, 0.4) is 0 Å². The van der Waals surface area contributed by atoms with Gasteiger partial charge in [0.15, 0.2) is 0 Å². The summed E-state index contributed by atoms with van der Waals surface area (Å²) in [6.45, 7) is 2.05. The van der Waals surface area contributed by atoms with E-state index in [2.05, 4.69) is 10.3 Å². The quantitative estimate of drug-likeness (QED) is 0.778. The molecule has 0 unspecified atom stereocenters. The van der Waals surface area contributed by atoms with Crippen molar-refractivity contribution in [2.75, 3.05) is 26.2 Å². The summed E-state index contributed by atoms with van der Waals surface area (Å²) < 4.78 is 32.7. The third-order valence-corrected chi connectivity index (χ3v) is 7.17. The van der Waals surface area contributed by atoms with Crippen molar-refractivity contribution in [3.05, 3.63) is 40.2 Å². The number of sulfonamides is 1. The number of carbonyl (C=O) groups is 1. The number of benzene rings is 1. The maximum absolute atomic E-state index is 12.9. The van der Waals surface area contributed by atoms with E-state index in [9.17, 15) is 18.0 Å². The second-order valence-electron chi connectivity index (χ2n) is 7.21. The van der Waals surface area contributed by atoms with Crippen molar-refractivity contribution in [1.82, 2.24) is 14.6 Å². The molecule has 4 rings (SSSR count). The van der Waals surface area contributed by atoms with Crippen LogP contribution in [-0.2, 0) is 14.8 Å². The molecule has 0 aliphatic carbocycles. The fourth-order valence-electron chi connectivity index (χ4n) is 3.77. The van der Waals surface area contributed by atoms with Gasteiger partial charge in [-0.1, -0.05) is 0 Å². The number of hydrogen-bond acceptors (Lipinski definition) is 5. The van der Waals surface area contributed by atoms with Gasteiger partial charge in [0.25, 0.3) is 5.91 Å². The highest BCUT2D eigenvalue weighted by Gasteiger charge is 2.28. The van der Waals surface area contributed by atoms with E-state index < -0.39 is 21.5 Å². The van der Waals surface area contributed by atoms with Gasteiger partial charge in [-0.2, -0.15) is 4.31 Å². The van der Waals surface area contributed by atoms with Gasteiger partial charge in [0.05, 0.1) is 16.6 Å². The van der Waals surface area contributed by atoms with Crippen LogP contribution in [0.1, 0.15) is 36.0 Å². The topological polar surface area (TPSA) is 109 Å². The predicted octanol–water partition coefficient (Wildman–Crippen LogP) is 1.22. The molecule has 2 fully saturated rings. The van der Waals surface area contributed by atoms with Crippen LogP contribution in [0.25, 0.3) is 10.9 Å². The van der Waals surface area contributed by atoms with Crippen molar-refractivity contribution in [2.45, 2.75) is 36.7 Å². The van der Waals surface area contributed by atoms with E-state index in [1.807, 2.05) is 0 Å². The van der Waals surface area contributed by atoms with Crippen LogP contribution >= 0.6 is 0 Å². The van der Waals surface area contributed by atoms with Crippen molar-refractivity contribution in [1.29, 1.82) is 0 Å². The molecule has 28 heavy (non-hydrogen) atoms. The second-order valence-corrected chi connectivity index (χ2v) is 9.15. The number of ether oxygens (including phenoxy) is 1. The molecule has 1 atom stereocenters. The molecule has 0 radical (unpaired) electrons. The van der Waals surface area contributed by atoms with Gasteiger partial charge in [-0.3, -0.25) is 9.59 Å². The van der Waals surface area contributed by atoms with Crippen LogP contribution in [0.15, 0.2) is 34.0 Å². The van der Waals surface area contributed by atoms with Gasteiger partial charge >= 0.3 is 0 Å². The molecule has 2 saturated heterocycles. The molecular formula is C19H23N3O5S. The summed E-state index contributed by atoms with van der Waals surface area (Å²) in [7, 11) is -3.62. The van der Waals surface area contributed by atoms with E-state index >= 15 is 0 Å². The van der Waals surface area contributed by atoms with Gasteiger partial charge in [0.1, 0.15) is 0 Å². The molecular weight excluding hydrogens is 382 g/mol. The number of pyridine rings is 1. The molecule has 8 nitrogen and oxygen atoms in total. The molecule has 1 amide bonds. The molecule has 2 N–H and O–H groups in total. The van der Waals surface area contributed by atoms with E-state index in [4.69, 9.17) is 4.74 Å². The molecule has 2 aromatic rings. The van der Waals surface area contributed by atoms with Gasteiger partial charge in [0.2, 0.25) is 15.6 Å². The highest BCUT2D eigenvalue weighted by Crippen LogP contribution is 2.25. The number of fused-ring (bicyclic) bond motifs is 1. The third kappa shape index (κ3) is 3.69. The highest BCUT2D eigenvalue weighted by molar-refractivity contribution is 7.89. The molecule has 0 saturated carbocycles. The van der Waals surface area contributed by atoms with Gasteiger partial charge in [-0.15, -0.1) is 0 Å². The number of H-pyrrole nitrogens is 1. The zero-order valence-corrected chi connectivity index (χ0v) is 16.3. The molecule has 3 heterocycles. The molecule has 1 aromatic heterocycles. The Morgan fingerprint density at radius 1 is 1.21 bits per heavy atom. The average Bonchev–Trinajstić information content (AvgIpc) is 3.39. The Kier molecular flexibility index (Phi) is 5.22. The van der Waals surface area contributed by atoms with Crippen LogP contribution in [-0.4, -0.2) is 56.0 Å². The molecule has 2 aliphatic rings. The number of carbonyl (C=O) groups excluding carboxylic acids is 1. The lowest BCUT2D eigenvalue weighted by atomic mass is 10.1. The number of aromatic amines is 1. The first-order chi connectivity index (χ1) is 13.4. The van der Waals surface area contributed by atoms with Crippen molar-refractivity contribution < 1.29 is 17.9 Å². The Hall–Kier alpha value is -2.23. The second kappa shape index (κ2) is 7.65. The zero-order chi connectivity index (χ0) is 19.7. The normalized spacial score (nSPS) is 20.6. The standard InChI is InChI=1S/C19H23N3O5S/c23-18-11-16(19(24)20-12-13-4-3-9-27-13)15-10-14(5-6-17(15)21-18)28(25,26)22-7-1-2-8-22/h5-6,10-11,13H,1-4,7-9,12H2,(H,20,24)(H,21,23)/t13-/m0/s1. The number of hydrogen-bond donors (Lipinski definition) is 2. The maximum atomic E-state index is 12.9. The molecule has 9 heteroatoms. The summed E-state index contributed by atoms with van der Waals surface area (Å²) in [5.74, 6) is -0.415. The number of amides is 1. The summed E-state index contributed by atoms with van der Waals surface area (Å²) >= 11 is 0. The fourth-order valence-corrected chi connectivity index (χ4v) is 5.31. The third-order valence-electron chi connectivity index (χ3n) is 5.28. The number of nitrogens with zero attached hydrogens (tertiary/aromatic N) is 1. The monoisotopic (exact) mass is 405 g/mol. The van der Waals surface area contributed by atoms with Gasteiger partial charge in [-0.25, -0.2) is 8.42 Å². The lowest BCUT2D eigenvalue weighted by molar-refractivity contribution is 0.0859. The Balaban J connectivity index is 1.69. The summed E-state index contributed by atoms with van der Waals surface area (Å²) in [6.07, 6.45) is 3.51. The molecule has 0 bridgehead atoms. The van der Waals surface area contributed by atoms with Crippen LogP contribution in [0.2, 0.25) is 0 Å². The molecule has 150 valence electrons. The zero-order valence-electron chi connectivity index (χ0n) is 15.4. The van der Waals surface area contributed by atoms with Crippen molar-refractivity contribution >= 4 is 26.8 Å². The van der Waals surface area contributed by atoms with Crippen LogP contribution in [0.5, 0.6) is 0 Å². The summed E-state index contributed by atoms with van der Waals surface area (Å²) in [4.78, 5) is 27.5. The van der Waals surface area contributed by atoms with Crippen LogP contribution < -0.4 is 10.9 Å². The first-order valence-electron chi connectivity index (χ1n) is 9.52. The Bertz CT molecular complexity index is 1050. The first-order valence-corrected chi connectivity index (χ1v) is 11.0. The lowest BCUT2D eigenvalue weighted by Crippen LogP contribution is -2.32. The van der Waals surface area contributed by atoms with Crippen molar-refractivity contribution in [2.24, 2.45) is 0 Å². The van der Waals surface area contributed by atoms with E-state index in [0.717, 1.165) is 25.7 Å². The minimum atomic E-state index is -3.62. The van der Waals surface area contributed by atoms with Crippen molar-refractivity contribution in [3.8, 4) is 0 Å². The van der Waals surface area contributed by atoms with Crippen LogP contribution in [0.4, 0.5) is 0 Å². The molecule has 2 aliphatic heterocycles. The molecule has 0 spiro atoms. The predicted molar refractivity (Wildman–Crippen MR) is 104 cm³/mol. The minimum absolute atomic E-state index is 0.0247. The fraction of sp³-hybridized carbons (Fsp3) is 0.474. The smallest absolute Gasteiger partial charge is 0.252 e. The van der Waals surface area contributed by atoms with E-state index in [1.165, 1.54) is 28.6 Å². The van der Waals surface area contributed by atoms with E-state index in [-0.39, 0.29) is 16.6 Å². The molecule has 1 aromatic carbocycles. The number of aromatic nitrogens is 1. The Morgan fingerprint density at radius 2 is 2.00 bits per heavy atom. The highest BCUT2D eigenvalue weighted by atomic mass is 32.2. The average molecular weight is 405 g/mol. The van der Waals surface area contributed by atoms with Crippen LogP contribution in [0, 0.1) is 0 Å². The van der Waals surface area contributed by atoms with E-state index in [0.29, 0.717) is 37.1 Å². The van der Waals surface area contributed by atoms with Gasteiger partial charge < -0.3 is 15.0 Å². The largest absolute Gasteiger partial charge is 0.376 e. The van der Waals surface area contributed by atoms with Gasteiger partial charge in [-0.05, 0) is 43.9 Å². The van der Waals surface area contributed by atoms with Gasteiger partial charge in [0, 0.05) is 43.2 Å².